The highest BCUT2D eigenvalue weighted by Gasteiger charge is 2.41. The van der Waals surface area contributed by atoms with E-state index in [-0.39, 0.29) is 12.0 Å². The van der Waals surface area contributed by atoms with Crippen LogP contribution in [-0.2, 0) is 9.53 Å². The summed E-state index contributed by atoms with van der Waals surface area (Å²) < 4.78 is 5.72. The fourth-order valence-corrected chi connectivity index (χ4v) is 3.71. The monoisotopic (exact) mass is 280 g/mol. The summed E-state index contributed by atoms with van der Waals surface area (Å²) in [5.41, 5.74) is 0. The second-order valence-electron chi connectivity index (χ2n) is 6.65. The van der Waals surface area contributed by atoms with Gasteiger partial charge in [-0.05, 0) is 57.5 Å². The minimum absolute atomic E-state index is 0.122. The molecule has 0 bridgehead atoms. The third kappa shape index (κ3) is 3.17. The molecule has 3 fully saturated rings. The Hall–Kier alpha value is -0.610. The van der Waals surface area contributed by atoms with Gasteiger partial charge in [0.1, 0.15) is 0 Å². The minimum atomic E-state index is 0.122. The van der Waals surface area contributed by atoms with Crippen LogP contribution in [0.3, 0.4) is 0 Å². The van der Waals surface area contributed by atoms with Crippen molar-refractivity contribution in [1.82, 2.24) is 10.2 Å². The molecular weight excluding hydrogens is 252 g/mol. The van der Waals surface area contributed by atoms with Gasteiger partial charge in [0.2, 0.25) is 5.91 Å². The van der Waals surface area contributed by atoms with Crippen LogP contribution in [0.5, 0.6) is 0 Å². The van der Waals surface area contributed by atoms with Crippen LogP contribution in [0.15, 0.2) is 0 Å². The molecule has 4 nitrogen and oxygen atoms in total. The SMILES string of the molecule is CCC1OCCC1C(=O)N(CC1CCCNC1)C1CC1. The standard InChI is InChI=1S/C16H28N2O2/c1-2-15-14(7-9-20-15)16(19)18(13-5-6-13)11-12-4-3-8-17-10-12/h12-15,17H,2-11H2,1H3. The molecule has 1 aliphatic carbocycles. The first-order valence-corrected chi connectivity index (χ1v) is 8.42. The summed E-state index contributed by atoms with van der Waals surface area (Å²) in [7, 11) is 0. The second-order valence-corrected chi connectivity index (χ2v) is 6.65. The van der Waals surface area contributed by atoms with E-state index in [1.165, 1.54) is 25.7 Å². The number of nitrogens with one attached hydrogen (secondary N) is 1. The molecule has 0 aromatic carbocycles. The van der Waals surface area contributed by atoms with Crippen LogP contribution in [-0.4, -0.2) is 49.2 Å². The summed E-state index contributed by atoms with van der Waals surface area (Å²) in [6.45, 7) is 6.07. The van der Waals surface area contributed by atoms with Gasteiger partial charge in [0.25, 0.3) is 0 Å². The highest BCUT2D eigenvalue weighted by molar-refractivity contribution is 5.80. The minimum Gasteiger partial charge on any atom is -0.377 e. The lowest BCUT2D eigenvalue weighted by Crippen LogP contribution is -2.45. The topological polar surface area (TPSA) is 41.6 Å². The molecule has 3 unspecified atom stereocenters. The molecule has 0 aromatic rings. The van der Waals surface area contributed by atoms with Gasteiger partial charge in [-0.1, -0.05) is 6.92 Å². The van der Waals surface area contributed by atoms with Crippen molar-refractivity contribution in [2.75, 3.05) is 26.2 Å². The maximum atomic E-state index is 12.9. The number of hydrogen-bond acceptors (Lipinski definition) is 3. The molecule has 2 aliphatic heterocycles. The number of carbonyl (C=O) groups excluding carboxylic acids is 1. The van der Waals surface area contributed by atoms with Gasteiger partial charge in [0, 0.05) is 19.2 Å². The van der Waals surface area contributed by atoms with E-state index in [2.05, 4.69) is 17.1 Å². The van der Waals surface area contributed by atoms with Crippen molar-refractivity contribution in [2.24, 2.45) is 11.8 Å². The van der Waals surface area contributed by atoms with Crippen LogP contribution in [0.25, 0.3) is 0 Å². The average Bonchev–Trinajstić information content (AvgIpc) is 3.21. The average molecular weight is 280 g/mol. The van der Waals surface area contributed by atoms with Gasteiger partial charge in [0.05, 0.1) is 12.0 Å². The van der Waals surface area contributed by atoms with Crippen LogP contribution in [0, 0.1) is 11.8 Å². The largest absolute Gasteiger partial charge is 0.377 e. The molecule has 2 saturated heterocycles. The molecule has 3 aliphatic rings. The number of ether oxygens (including phenoxy) is 1. The van der Waals surface area contributed by atoms with Gasteiger partial charge in [-0.3, -0.25) is 4.79 Å². The van der Waals surface area contributed by atoms with Crippen LogP contribution in [0.4, 0.5) is 0 Å². The summed E-state index contributed by atoms with van der Waals surface area (Å²) in [5, 5.41) is 3.47. The van der Waals surface area contributed by atoms with E-state index in [1.807, 2.05) is 0 Å². The third-order valence-corrected chi connectivity index (χ3v) is 5.05. The van der Waals surface area contributed by atoms with Gasteiger partial charge in [-0.25, -0.2) is 0 Å². The Balaban J connectivity index is 1.62. The van der Waals surface area contributed by atoms with Crippen LogP contribution < -0.4 is 5.32 Å². The predicted octanol–water partition coefficient (Wildman–Crippen LogP) is 1.79. The molecule has 0 aromatic heterocycles. The zero-order chi connectivity index (χ0) is 13.9. The van der Waals surface area contributed by atoms with E-state index in [0.717, 1.165) is 39.1 Å². The molecule has 1 saturated carbocycles. The number of hydrogen-bond donors (Lipinski definition) is 1. The van der Waals surface area contributed by atoms with E-state index in [1.54, 1.807) is 0 Å². The van der Waals surface area contributed by atoms with E-state index >= 15 is 0 Å². The Morgan fingerprint density at radius 3 is 2.80 bits per heavy atom. The van der Waals surface area contributed by atoms with Crippen molar-refractivity contribution in [2.45, 2.75) is 57.6 Å². The highest BCUT2D eigenvalue weighted by Crippen LogP contribution is 2.33. The van der Waals surface area contributed by atoms with Crippen molar-refractivity contribution in [1.29, 1.82) is 0 Å². The lowest BCUT2D eigenvalue weighted by Gasteiger charge is -2.32. The number of rotatable bonds is 5. The van der Waals surface area contributed by atoms with Gasteiger partial charge < -0.3 is 15.0 Å². The smallest absolute Gasteiger partial charge is 0.228 e. The number of carbonyl (C=O) groups is 1. The fourth-order valence-electron chi connectivity index (χ4n) is 3.71. The lowest BCUT2D eigenvalue weighted by molar-refractivity contribution is -0.138. The zero-order valence-electron chi connectivity index (χ0n) is 12.6. The maximum Gasteiger partial charge on any atom is 0.228 e. The van der Waals surface area contributed by atoms with Gasteiger partial charge in [-0.15, -0.1) is 0 Å². The van der Waals surface area contributed by atoms with Gasteiger partial charge >= 0.3 is 0 Å². The quantitative estimate of drug-likeness (QED) is 0.835. The predicted molar refractivity (Wildman–Crippen MR) is 78.5 cm³/mol. The molecule has 1 amide bonds. The number of amides is 1. The molecule has 3 rings (SSSR count). The maximum absolute atomic E-state index is 12.9. The Kier molecular flexibility index (Phi) is 4.61. The molecular formula is C16H28N2O2. The van der Waals surface area contributed by atoms with Gasteiger partial charge in [0.15, 0.2) is 0 Å². The number of piperidine rings is 1. The Morgan fingerprint density at radius 2 is 2.15 bits per heavy atom. The Labute approximate surface area is 122 Å². The molecule has 3 atom stereocenters. The van der Waals surface area contributed by atoms with Crippen LogP contribution in [0.1, 0.15) is 45.4 Å². The van der Waals surface area contributed by atoms with Gasteiger partial charge in [-0.2, -0.15) is 0 Å². The highest BCUT2D eigenvalue weighted by atomic mass is 16.5. The molecule has 0 radical (unpaired) electrons. The molecule has 2 heterocycles. The first-order valence-electron chi connectivity index (χ1n) is 8.42. The second kappa shape index (κ2) is 6.44. The summed E-state index contributed by atoms with van der Waals surface area (Å²) in [4.78, 5) is 15.1. The summed E-state index contributed by atoms with van der Waals surface area (Å²) in [6, 6.07) is 0.530. The van der Waals surface area contributed by atoms with E-state index in [4.69, 9.17) is 4.74 Å². The molecule has 1 N–H and O–H groups in total. The van der Waals surface area contributed by atoms with E-state index in [9.17, 15) is 4.79 Å². The lowest BCUT2D eigenvalue weighted by atomic mass is 9.95. The third-order valence-electron chi connectivity index (χ3n) is 5.05. The number of nitrogens with zero attached hydrogens (tertiary/aromatic N) is 1. The first kappa shape index (κ1) is 14.3. The summed E-state index contributed by atoms with van der Waals surface area (Å²) >= 11 is 0. The van der Waals surface area contributed by atoms with Crippen LogP contribution in [0.2, 0.25) is 0 Å². The normalized spacial score (nSPS) is 34.1. The molecule has 20 heavy (non-hydrogen) atoms. The van der Waals surface area contributed by atoms with Crippen molar-refractivity contribution in [3.8, 4) is 0 Å². The Bertz CT molecular complexity index is 337. The van der Waals surface area contributed by atoms with Crippen molar-refractivity contribution in [3.63, 3.8) is 0 Å². The fraction of sp³-hybridized carbons (Fsp3) is 0.938. The van der Waals surface area contributed by atoms with Crippen molar-refractivity contribution >= 4 is 5.91 Å². The summed E-state index contributed by atoms with van der Waals surface area (Å²) in [5.74, 6) is 1.15. The molecule has 0 spiro atoms. The first-order chi connectivity index (χ1) is 9.79. The molecule has 114 valence electrons. The Morgan fingerprint density at radius 1 is 1.30 bits per heavy atom. The van der Waals surface area contributed by atoms with Crippen molar-refractivity contribution < 1.29 is 9.53 Å². The van der Waals surface area contributed by atoms with Crippen molar-refractivity contribution in [3.05, 3.63) is 0 Å². The van der Waals surface area contributed by atoms with Crippen LogP contribution >= 0.6 is 0 Å². The van der Waals surface area contributed by atoms with E-state index < -0.39 is 0 Å². The molecule has 4 heteroatoms. The zero-order valence-corrected chi connectivity index (χ0v) is 12.6. The summed E-state index contributed by atoms with van der Waals surface area (Å²) in [6.07, 6.45) is 6.97. The van der Waals surface area contributed by atoms with E-state index in [0.29, 0.717) is 17.9 Å².